The van der Waals surface area contributed by atoms with Crippen molar-refractivity contribution >= 4 is 8.24 Å². The predicted octanol–water partition coefficient (Wildman–Crippen LogP) is 1.95. The molecule has 50 valence electrons. The summed E-state index contributed by atoms with van der Waals surface area (Å²) in [6, 6.07) is 0. The molecule has 0 fully saturated rings. The Morgan fingerprint density at radius 2 is 1.75 bits per heavy atom. The Hall–Kier alpha value is 0.177. The molecule has 0 aromatic carbocycles. The normalized spacial score (nSPS) is 18.2. The molecule has 0 rings (SSSR count). The molecule has 0 aliphatic carbocycles. The van der Waals surface area contributed by atoms with Crippen molar-refractivity contribution in [2.75, 3.05) is 0 Å². The van der Waals surface area contributed by atoms with Crippen LogP contribution in [0, 0.1) is 0 Å². The molecule has 0 aromatic heterocycles. The Morgan fingerprint density at radius 1 is 1.38 bits per heavy atom. The summed E-state index contributed by atoms with van der Waals surface area (Å²) >= 11 is 0. The third kappa shape index (κ3) is 1.97. The Morgan fingerprint density at radius 3 is 1.75 bits per heavy atom. The van der Waals surface area contributed by atoms with Crippen LogP contribution in [0.25, 0.3) is 0 Å². The first kappa shape index (κ1) is 5.00. The SMILES string of the molecule is [2H]N([2H])[Si](C)(C)C(C)(C)C. The van der Waals surface area contributed by atoms with Crippen LogP contribution in [0.2, 0.25) is 21.0 Å². The highest BCUT2D eigenvalue weighted by molar-refractivity contribution is 6.77. The highest BCUT2D eigenvalue weighted by Gasteiger charge is 2.30. The van der Waals surface area contributed by atoms with Crippen LogP contribution < -0.4 is 5.39 Å². The van der Waals surface area contributed by atoms with E-state index in [4.69, 9.17) is 2.82 Å². The van der Waals surface area contributed by atoms with Crippen LogP contribution in [0.5, 0.6) is 0 Å². The second-order valence-electron chi connectivity index (χ2n) is 3.81. The topological polar surface area (TPSA) is 26.0 Å². The molecule has 1 nitrogen and oxygen atoms in total. The van der Waals surface area contributed by atoms with Crippen molar-refractivity contribution in [3.05, 3.63) is 0 Å². The second kappa shape index (κ2) is 1.85. The summed E-state index contributed by atoms with van der Waals surface area (Å²) in [5.41, 5.74) is 0. The van der Waals surface area contributed by atoms with Crippen LogP contribution in [-0.4, -0.2) is 8.24 Å². The summed E-state index contributed by atoms with van der Waals surface area (Å²) in [5.74, 6) is 0. The van der Waals surface area contributed by atoms with Gasteiger partial charge in [-0.1, -0.05) is 33.9 Å². The third-order valence-corrected chi connectivity index (χ3v) is 5.51. The van der Waals surface area contributed by atoms with Crippen molar-refractivity contribution in [2.24, 2.45) is 5.39 Å². The molecule has 0 atom stereocenters. The summed E-state index contributed by atoms with van der Waals surface area (Å²) < 4.78 is 14.4. The van der Waals surface area contributed by atoms with Gasteiger partial charge in [-0.25, -0.2) is 0 Å². The molecule has 0 unspecified atom stereocenters. The summed E-state index contributed by atoms with van der Waals surface area (Å²) in [6.45, 7) is 10.3. The lowest BCUT2D eigenvalue weighted by Gasteiger charge is -2.32. The zero-order chi connectivity index (χ0) is 8.58. The van der Waals surface area contributed by atoms with E-state index in [1.807, 2.05) is 13.1 Å². The van der Waals surface area contributed by atoms with Crippen LogP contribution in [-0.2, 0) is 0 Å². The lowest BCUT2D eigenvalue weighted by molar-refractivity contribution is 0.718. The van der Waals surface area contributed by atoms with Gasteiger partial charge in [-0.3, -0.25) is 0 Å². The maximum absolute atomic E-state index is 7.20. The van der Waals surface area contributed by atoms with E-state index in [9.17, 15) is 0 Å². The van der Waals surface area contributed by atoms with Gasteiger partial charge in [0, 0.05) is 0 Å². The molecule has 0 amide bonds. The molecule has 8 heavy (non-hydrogen) atoms. The van der Waals surface area contributed by atoms with Gasteiger partial charge in [0.05, 0.1) is 0 Å². The molecular formula is C6H17NSi. The molecule has 0 bridgehead atoms. The first-order valence-electron chi connectivity index (χ1n) is 3.87. The van der Waals surface area contributed by atoms with Gasteiger partial charge in [-0.2, -0.15) is 0 Å². The van der Waals surface area contributed by atoms with Gasteiger partial charge < -0.3 is 5.39 Å². The minimum absolute atomic E-state index is 0.108. The van der Waals surface area contributed by atoms with Crippen LogP contribution in [0.3, 0.4) is 0 Å². The van der Waals surface area contributed by atoms with E-state index in [1.54, 1.807) is 0 Å². The zero-order valence-corrected chi connectivity index (χ0v) is 7.45. The third-order valence-electron chi connectivity index (χ3n) is 1.84. The van der Waals surface area contributed by atoms with Crippen LogP contribution >= 0.6 is 0 Å². The van der Waals surface area contributed by atoms with E-state index in [-0.39, 0.29) is 5.04 Å². The van der Waals surface area contributed by atoms with E-state index in [2.05, 4.69) is 20.8 Å². The average molecular weight is 133 g/mol. The first-order valence-corrected chi connectivity index (χ1v) is 5.92. The molecule has 0 aromatic rings. The predicted molar refractivity (Wildman–Crippen MR) is 41.4 cm³/mol. The van der Waals surface area contributed by atoms with E-state index >= 15 is 0 Å². The lowest BCUT2D eigenvalue weighted by Crippen LogP contribution is -2.47. The summed E-state index contributed by atoms with van der Waals surface area (Å²) in [7, 11) is -1.82. The van der Waals surface area contributed by atoms with Gasteiger partial charge >= 0.3 is 0 Å². The van der Waals surface area contributed by atoms with Crippen molar-refractivity contribution in [3.8, 4) is 0 Å². The average Bonchev–Trinajstić information content (AvgIpc) is 1.62. The fraction of sp³-hybridized carbons (Fsp3) is 1.00. The van der Waals surface area contributed by atoms with Gasteiger partial charge in [-0.15, -0.1) is 0 Å². The largest absolute Gasteiger partial charge is 0.351 e. The van der Waals surface area contributed by atoms with Crippen LogP contribution in [0.15, 0.2) is 0 Å². The Labute approximate surface area is 56.3 Å². The summed E-state index contributed by atoms with van der Waals surface area (Å²) in [6.07, 6.45) is 0. The van der Waals surface area contributed by atoms with Gasteiger partial charge in [-0.05, 0) is 5.04 Å². The van der Waals surface area contributed by atoms with Crippen molar-refractivity contribution in [3.63, 3.8) is 0 Å². The molecule has 0 saturated heterocycles. The maximum Gasteiger partial charge on any atom is 0.122 e. The van der Waals surface area contributed by atoms with E-state index in [0.29, 0.717) is 0 Å². The fourth-order valence-electron chi connectivity index (χ4n) is 0. The number of hydrogen-bond donors (Lipinski definition) is 1. The van der Waals surface area contributed by atoms with Crippen molar-refractivity contribution in [1.82, 2.24) is 0 Å². The van der Waals surface area contributed by atoms with Gasteiger partial charge in [0.25, 0.3) is 0 Å². The van der Waals surface area contributed by atoms with Gasteiger partial charge in [0.15, 0.2) is 0 Å². The summed E-state index contributed by atoms with van der Waals surface area (Å²) in [4.78, 5) is 0. The highest BCUT2D eigenvalue weighted by atomic mass is 28.3. The van der Waals surface area contributed by atoms with E-state index in [0.717, 1.165) is 5.39 Å². The van der Waals surface area contributed by atoms with Crippen molar-refractivity contribution in [1.29, 1.82) is 0 Å². The number of rotatable bonds is 1. The standard InChI is InChI=1S/C6H17NSi/c1-6(2,3)8(4,5)7/h7H2,1-5H3/i7D2. The molecule has 0 saturated carbocycles. The number of hydrogen-bond acceptors (Lipinski definition) is 1. The molecule has 2 N–H and O–H groups in total. The van der Waals surface area contributed by atoms with Crippen molar-refractivity contribution < 1.29 is 2.82 Å². The molecule has 0 heterocycles. The smallest absolute Gasteiger partial charge is 0.122 e. The second-order valence-corrected chi connectivity index (χ2v) is 8.43. The first-order chi connectivity index (χ1) is 4.19. The Balaban J connectivity index is 4.40. The van der Waals surface area contributed by atoms with E-state index < -0.39 is 8.24 Å². The molecule has 2 heteroatoms. The fourth-order valence-corrected chi connectivity index (χ4v) is 0. The summed E-state index contributed by atoms with van der Waals surface area (Å²) in [5, 5.41) is 1.02. The molecular weight excluding hydrogens is 114 g/mol. The molecule has 0 radical (unpaired) electrons. The minimum atomic E-state index is -1.82. The Kier molecular flexibility index (Phi) is 1.15. The quantitative estimate of drug-likeness (QED) is 0.544. The van der Waals surface area contributed by atoms with Gasteiger partial charge in [0.1, 0.15) is 11.1 Å². The number of nitrogens with two attached hydrogens (primary N) is 1. The minimum Gasteiger partial charge on any atom is -0.351 e. The molecule has 0 aliphatic heterocycles. The maximum atomic E-state index is 7.20. The molecule has 0 aliphatic rings. The highest BCUT2D eigenvalue weighted by Crippen LogP contribution is 2.31. The zero-order valence-electron chi connectivity index (χ0n) is 8.45. The van der Waals surface area contributed by atoms with Gasteiger partial charge in [0.2, 0.25) is 0 Å². The lowest BCUT2D eigenvalue weighted by atomic mass is 10.2. The van der Waals surface area contributed by atoms with Crippen LogP contribution in [0.1, 0.15) is 20.8 Å². The van der Waals surface area contributed by atoms with E-state index in [1.165, 1.54) is 0 Å². The van der Waals surface area contributed by atoms with Crippen molar-refractivity contribution in [2.45, 2.75) is 38.9 Å². The van der Waals surface area contributed by atoms with Crippen LogP contribution in [0.4, 0.5) is 0 Å². The Bertz CT molecular complexity index is 117. The monoisotopic (exact) mass is 133 g/mol. The molecule has 0 spiro atoms.